The SMILES string of the molecule is COC(=O)C(COc1cc(C)ccc1C(C)C)NC1CC1. The van der Waals surface area contributed by atoms with Crippen LogP contribution in [0.5, 0.6) is 5.75 Å². The number of methoxy groups -OCH3 is 1. The van der Waals surface area contributed by atoms with E-state index in [0.29, 0.717) is 18.6 Å². The second-order valence-electron chi connectivity index (χ2n) is 6.02. The van der Waals surface area contributed by atoms with Gasteiger partial charge in [-0.25, -0.2) is 0 Å². The van der Waals surface area contributed by atoms with Crippen LogP contribution < -0.4 is 10.1 Å². The number of carbonyl (C=O) groups excluding carboxylic acids is 1. The zero-order valence-electron chi connectivity index (χ0n) is 13.3. The topological polar surface area (TPSA) is 47.6 Å². The second kappa shape index (κ2) is 6.94. The first-order chi connectivity index (χ1) is 10.0. The Kier molecular flexibility index (Phi) is 5.23. The largest absolute Gasteiger partial charge is 0.491 e. The molecular weight excluding hydrogens is 266 g/mol. The van der Waals surface area contributed by atoms with Crippen LogP contribution in [0.2, 0.25) is 0 Å². The molecule has 0 spiro atoms. The highest BCUT2D eigenvalue weighted by atomic mass is 16.5. The van der Waals surface area contributed by atoms with Crippen molar-refractivity contribution in [3.05, 3.63) is 29.3 Å². The summed E-state index contributed by atoms with van der Waals surface area (Å²) in [4.78, 5) is 11.8. The van der Waals surface area contributed by atoms with Gasteiger partial charge in [-0.05, 0) is 42.9 Å². The molecule has 4 heteroatoms. The minimum Gasteiger partial charge on any atom is -0.491 e. The molecule has 1 aromatic carbocycles. The molecule has 116 valence electrons. The molecule has 0 aromatic heterocycles. The average molecular weight is 291 g/mol. The van der Waals surface area contributed by atoms with Crippen molar-refractivity contribution < 1.29 is 14.3 Å². The summed E-state index contributed by atoms with van der Waals surface area (Å²) in [6.07, 6.45) is 2.24. The molecule has 4 nitrogen and oxygen atoms in total. The number of ether oxygens (including phenoxy) is 2. The fourth-order valence-electron chi connectivity index (χ4n) is 2.28. The number of carbonyl (C=O) groups is 1. The first kappa shape index (κ1) is 15.8. The van der Waals surface area contributed by atoms with Crippen LogP contribution in [0, 0.1) is 6.92 Å². The minimum atomic E-state index is -0.400. The van der Waals surface area contributed by atoms with Crippen molar-refractivity contribution >= 4 is 5.97 Å². The number of esters is 1. The molecule has 0 radical (unpaired) electrons. The third-order valence-corrected chi connectivity index (χ3v) is 3.70. The summed E-state index contributed by atoms with van der Waals surface area (Å²) in [7, 11) is 1.41. The van der Waals surface area contributed by atoms with E-state index >= 15 is 0 Å². The minimum absolute atomic E-state index is 0.263. The first-order valence-corrected chi connectivity index (χ1v) is 7.58. The molecule has 1 aromatic rings. The fraction of sp³-hybridized carbons (Fsp3) is 0.588. The van der Waals surface area contributed by atoms with Crippen LogP contribution in [0.1, 0.15) is 43.7 Å². The van der Waals surface area contributed by atoms with Gasteiger partial charge in [0.2, 0.25) is 0 Å². The summed E-state index contributed by atoms with van der Waals surface area (Å²) in [6, 6.07) is 6.24. The Morgan fingerprint density at radius 1 is 1.38 bits per heavy atom. The van der Waals surface area contributed by atoms with Crippen LogP contribution in [-0.4, -0.2) is 31.8 Å². The maximum Gasteiger partial charge on any atom is 0.326 e. The van der Waals surface area contributed by atoms with Gasteiger partial charge < -0.3 is 9.47 Å². The molecule has 0 amide bonds. The van der Waals surface area contributed by atoms with Crippen molar-refractivity contribution in [3.63, 3.8) is 0 Å². The number of hydrogen-bond acceptors (Lipinski definition) is 4. The fourth-order valence-corrected chi connectivity index (χ4v) is 2.28. The van der Waals surface area contributed by atoms with Gasteiger partial charge in [0, 0.05) is 6.04 Å². The van der Waals surface area contributed by atoms with E-state index in [1.165, 1.54) is 7.11 Å². The van der Waals surface area contributed by atoms with Crippen LogP contribution in [0.25, 0.3) is 0 Å². The lowest BCUT2D eigenvalue weighted by Gasteiger charge is -2.19. The molecule has 1 atom stereocenters. The van der Waals surface area contributed by atoms with Crippen molar-refractivity contribution in [1.29, 1.82) is 0 Å². The van der Waals surface area contributed by atoms with Crippen molar-refractivity contribution in [2.24, 2.45) is 0 Å². The molecule has 0 bridgehead atoms. The highest BCUT2D eigenvalue weighted by Gasteiger charge is 2.29. The summed E-state index contributed by atoms with van der Waals surface area (Å²) in [6.45, 7) is 6.61. The molecule has 2 rings (SSSR count). The number of aryl methyl sites for hydroxylation is 1. The van der Waals surface area contributed by atoms with E-state index in [1.54, 1.807) is 0 Å². The highest BCUT2D eigenvalue weighted by Crippen LogP contribution is 2.28. The third-order valence-electron chi connectivity index (χ3n) is 3.70. The number of nitrogens with one attached hydrogen (secondary N) is 1. The van der Waals surface area contributed by atoms with Crippen molar-refractivity contribution in [2.75, 3.05) is 13.7 Å². The van der Waals surface area contributed by atoms with Gasteiger partial charge in [0.05, 0.1) is 7.11 Å². The van der Waals surface area contributed by atoms with E-state index in [1.807, 2.05) is 13.0 Å². The van der Waals surface area contributed by atoms with Crippen LogP contribution >= 0.6 is 0 Å². The Morgan fingerprint density at radius 3 is 2.67 bits per heavy atom. The second-order valence-corrected chi connectivity index (χ2v) is 6.02. The normalized spacial score (nSPS) is 15.9. The van der Waals surface area contributed by atoms with Gasteiger partial charge in [-0.2, -0.15) is 0 Å². The molecule has 1 N–H and O–H groups in total. The summed E-state index contributed by atoms with van der Waals surface area (Å²) in [5, 5.41) is 3.28. The van der Waals surface area contributed by atoms with Crippen LogP contribution in [0.4, 0.5) is 0 Å². The van der Waals surface area contributed by atoms with E-state index in [-0.39, 0.29) is 5.97 Å². The Hall–Kier alpha value is -1.55. The molecule has 0 heterocycles. The standard InChI is InChI=1S/C17H25NO3/c1-11(2)14-8-5-12(3)9-16(14)21-10-15(17(19)20-4)18-13-6-7-13/h5,8-9,11,13,15,18H,6-7,10H2,1-4H3. The summed E-state index contributed by atoms with van der Waals surface area (Å²) < 4.78 is 10.8. The monoisotopic (exact) mass is 291 g/mol. The van der Waals surface area contributed by atoms with E-state index in [2.05, 4.69) is 31.3 Å². The summed E-state index contributed by atoms with van der Waals surface area (Å²) >= 11 is 0. The summed E-state index contributed by atoms with van der Waals surface area (Å²) in [5.41, 5.74) is 2.31. The summed E-state index contributed by atoms with van der Waals surface area (Å²) in [5.74, 6) is 0.978. The van der Waals surface area contributed by atoms with Crippen LogP contribution in [-0.2, 0) is 9.53 Å². The van der Waals surface area contributed by atoms with Crippen molar-refractivity contribution in [3.8, 4) is 5.75 Å². The van der Waals surface area contributed by atoms with Crippen molar-refractivity contribution in [1.82, 2.24) is 5.32 Å². The van der Waals surface area contributed by atoms with E-state index in [0.717, 1.165) is 29.7 Å². The molecule has 21 heavy (non-hydrogen) atoms. The van der Waals surface area contributed by atoms with E-state index in [9.17, 15) is 4.79 Å². The van der Waals surface area contributed by atoms with E-state index in [4.69, 9.17) is 9.47 Å². The van der Waals surface area contributed by atoms with Gasteiger partial charge in [0.1, 0.15) is 18.4 Å². The lowest BCUT2D eigenvalue weighted by molar-refractivity contribution is -0.144. The quantitative estimate of drug-likeness (QED) is 0.785. The molecule has 1 saturated carbocycles. The highest BCUT2D eigenvalue weighted by molar-refractivity contribution is 5.76. The molecular formula is C17H25NO3. The Morgan fingerprint density at radius 2 is 2.10 bits per heavy atom. The average Bonchev–Trinajstić information content (AvgIpc) is 3.26. The molecule has 0 aliphatic heterocycles. The van der Waals surface area contributed by atoms with Crippen molar-refractivity contribution in [2.45, 2.75) is 51.6 Å². The van der Waals surface area contributed by atoms with Gasteiger partial charge >= 0.3 is 5.97 Å². The maximum absolute atomic E-state index is 11.8. The lowest BCUT2D eigenvalue weighted by Crippen LogP contribution is -2.43. The molecule has 1 unspecified atom stereocenters. The van der Waals surface area contributed by atoms with Gasteiger partial charge in [-0.1, -0.05) is 26.0 Å². The predicted octanol–water partition coefficient (Wildman–Crippen LogP) is 2.79. The molecule has 1 aliphatic rings. The lowest BCUT2D eigenvalue weighted by atomic mass is 10.0. The number of benzene rings is 1. The number of hydrogen-bond donors (Lipinski definition) is 1. The van der Waals surface area contributed by atoms with Gasteiger partial charge in [-0.3, -0.25) is 10.1 Å². The molecule has 1 fully saturated rings. The Labute approximate surface area is 126 Å². The zero-order valence-corrected chi connectivity index (χ0v) is 13.3. The number of rotatable bonds is 7. The molecule has 1 aliphatic carbocycles. The van der Waals surface area contributed by atoms with Crippen LogP contribution in [0.3, 0.4) is 0 Å². The zero-order chi connectivity index (χ0) is 15.4. The maximum atomic E-state index is 11.8. The third kappa shape index (κ3) is 4.46. The van der Waals surface area contributed by atoms with Gasteiger partial charge in [0.25, 0.3) is 0 Å². The Balaban J connectivity index is 2.05. The van der Waals surface area contributed by atoms with Crippen LogP contribution in [0.15, 0.2) is 18.2 Å². The Bertz CT molecular complexity index is 495. The van der Waals surface area contributed by atoms with E-state index < -0.39 is 6.04 Å². The first-order valence-electron chi connectivity index (χ1n) is 7.58. The smallest absolute Gasteiger partial charge is 0.326 e. The van der Waals surface area contributed by atoms with Gasteiger partial charge in [0.15, 0.2) is 0 Å². The molecule has 0 saturated heterocycles. The predicted molar refractivity (Wildman–Crippen MR) is 82.7 cm³/mol. The van der Waals surface area contributed by atoms with Gasteiger partial charge in [-0.15, -0.1) is 0 Å².